The predicted octanol–water partition coefficient (Wildman–Crippen LogP) is 11.0. The van der Waals surface area contributed by atoms with Gasteiger partial charge in [-0.3, -0.25) is 38.6 Å². The summed E-state index contributed by atoms with van der Waals surface area (Å²) in [7, 11) is 0. The van der Waals surface area contributed by atoms with Gasteiger partial charge in [0, 0.05) is 34.7 Å². The topological polar surface area (TPSA) is 266 Å². The first-order valence-electron chi connectivity index (χ1n) is 25.9. The van der Waals surface area contributed by atoms with Crippen molar-refractivity contribution in [2.24, 2.45) is 9.98 Å². The molecule has 2 saturated heterocycles. The van der Waals surface area contributed by atoms with Gasteiger partial charge >= 0.3 is 23.9 Å². The quantitative estimate of drug-likeness (QED) is 0.0377. The molecule has 4 aromatic carbocycles. The number of ether oxygens (including phenoxy) is 4. The molecule has 85 heavy (non-hydrogen) atoms. The molecular weight excluding hydrogens is 1180 g/mol. The Morgan fingerprint density at radius 2 is 0.894 bits per heavy atom. The number of carbonyl (C=O) groups is 6. The van der Waals surface area contributed by atoms with Gasteiger partial charge in [0.25, 0.3) is 11.8 Å². The molecule has 3 aromatic heterocycles. The molecule has 0 radical (unpaired) electrons. The Balaban J connectivity index is 1.17. The van der Waals surface area contributed by atoms with Gasteiger partial charge in [-0.25, -0.2) is 9.98 Å². The van der Waals surface area contributed by atoms with Crippen LogP contribution in [0.15, 0.2) is 164 Å². The number of thioether (sulfide) groups is 2. The largest absolute Gasteiger partial charge is 0.459 e. The number of fused-ring (bicyclic) bond motifs is 7. The van der Waals surface area contributed by atoms with Crippen LogP contribution in [-0.4, -0.2) is 68.7 Å². The second-order valence-corrected chi connectivity index (χ2v) is 23.9. The van der Waals surface area contributed by atoms with E-state index in [1.165, 1.54) is 21.9 Å². The minimum absolute atomic E-state index is 0.000988. The van der Waals surface area contributed by atoms with Crippen LogP contribution in [0.4, 0.5) is 5.00 Å². The average molecular weight is 1220 g/mol. The number of hydrogen-bond donors (Lipinski definition) is 0. The van der Waals surface area contributed by atoms with Crippen molar-refractivity contribution in [1.29, 1.82) is 21.0 Å². The van der Waals surface area contributed by atoms with Gasteiger partial charge in [0.05, 0.1) is 24.9 Å². The highest BCUT2D eigenvalue weighted by Gasteiger charge is 2.65. The molecule has 0 bridgehead atoms. The molecule has 7 aromatic rings. The number of benzene rings is 4. The van der Waals surface area contributed by atoms with E-state index < -0.39 is 46.5 Å². The number of allylic oxidation sites excluding steroid dienone is 2. The molecule has 418 valence electrons. The lowest BCUT2D eigenvalue weighted by Crippen LogP contribution is -2.46. The van der Waals surface area contributed by atoms with Crippen LogP contribution < -0.4 is 0 Å². The molecule has 23 heteroatoms. The molecule has 2 aliphatic heterocycles. The van der Waals surface area contributed by atoms with Crippen molar-refractivity contribution in [3.05, 3.63) is 198 Å². The number of nitriles is 4. The van der Waals surface area contributed by atoms with Gasteiger partial charge in [-0.15, -0.1) is 34.0 Å². The van der Waals surface area contributed by atoms with Crippen LogP contribution in [-0.2, 0) is 85.0 Å². The van der Waals surface area contributed by atoms with Crippen molar-refractivity contribution in [1.82, 2.24) is 9.80 Å². The lowest BCUT2D eigenvalue weighted by molar-refractivity contribution is -0.166. The standard InChI is InChI=1S/C62H40N8O10S5/c1-3-69-53(71)51(84-55(69)39(27-63)28-64)67-43-26-42-45(62(43,59(75)79-33-37-21-13-7-14-22-37)60(76)80-34-38-23-15-8-16-24-38)48-50(81-42)46-49(83-48)47-41(25-44(82-47)68-52-54(72)70(4-2)56(85-52)40(29-65)30-66)61(46,57(73)77-31-35-17-9-5-10-18-35)58(74)78-32-36-19-11-6-12-20-36/h5-26H,3-4,31-34H2,1-2H3/b67-51-,68-52-. The van der Waals surface area contributed by atoms with Crippen LogP contribution in [0.25, 0.3) is 25.2 Å². The summed E-state index contributed by atoms with van der Waals surface area (Å²) in [6.07, 6.45) is 1.45. The zero-order valence-electron chi connectivity index (χ0n) is 44.6. The third kappa shape index (κ3) is 9.87. The van der Waals surface area contributed by atoms with Crippen molar-refractivity contribution in [3.8, 4) is 34.0 Å². The molecule has 18 nitrogen and oxygen atoms in total. The van der Waals surface area contributed by atoms with Gasteiger partial charge in [0.15, 0.2) is 21.2 Å². The highest BCUT2D eigenvalue weighted by molar-refractivity contribution is 8.20. The zero-order chi connectivity index (χ0) is 59.6. The number of amides is 2. The fourth-order valence-electron chi connectivity index (χ4n) is 10.1. The molecule has 11 rings (SSSR count). The SMILES string of the molecule is CCN1C(=O)/C(=N/C2=Cc3sc4c5c(sc4c3C2(C(=O)OCc2ccccc2)C(=O)OCc2ccccc2)-c2sc(/N=C3\SC(=C(C#N)C#N)N(CC)C3=O)cc2C5(C(=O)OCc2ccccc2)C(=O)OCc2ccccc2)SC1=C(C#N)C#N. The van der Waals surface area contributed by atoms with Crippen molar-refractivity contribution in [2.45, 2.75) is 51.1 Å². The molecule has 5 heterocycles. The molecule has 2 amide bonds. The van der Waals surface area contributed by atoms with Gasteiger partial charge < -0.3 is 18.9 Å². The van der Waals surface area contributed by atoms with Crippen LogP contribution in [0.2, 0.25) is 0 Å². The monoisotopic (exact) mass is 1220 g/mol. The fraction of sp³-hybridized carbons (Fsp3) is 0.161. The predicted molar refractivity (Wildman–Crippen MR) is 319 cm³/mol. The van der Waals surface area contributed by atoms with E-state index in [1.807, 2.05) is 24.3 Å². The highest BCUT2D eigenvalue weighted by Crippen LogP contribution is 2.65. The Morgan fingerprint density at radius 3 is 1.29 bits per heavy atom. The van der Waals surface area contributed by atoms with Crippen molar-refractivity contribution >= 4 is 124 Å². The normalized spacial score (nSPS) is 16.0. The van der Waals surface area contributed by atoms with Crippen molar-refractivity contribution in [3.63, 3.8) is 0 Å². The smallest absolute Gasteiger partial charge is 0.334 e. The Labute approximate surface area is 505 Å². The molecular formula is C62H40N8O10S5. The number of hydrogen-bond acceptors (Lipinski definition) is 21. The summed E-state index contributed by atoms with van der Waals surface area (Å²) in [6.45, 7) is 2.20. The first-order valence-corrected chi connectivity index (χ1v) is 30.0. The van der Waals surface area contributed by atoms with E-state index in [2.05, 4.69) is 0 Å². The molecule has 2 fully saturated rings. The summed E-state index contributed by atoms with van der Waals surface area (Å²) in [5.41, 5.74) is -3.54. The Hall–Kier alpha value is -9.72. The number of thiophene rings is 3. The maximum Gasteiger partial charge on any atom is 0.334 e. The number of esters is 4. The maximum absolute atomic E-state index is 15.8. The zero-order valence-corrected chi connectivity index (χ0v) is 48.7. The van der Waals surface area contributed by atoms with Crippen LogP contribution >= 0.6 is 57.5 Å². The Morgan fingerprint density at radius 1 is 0.506 bits per heavy atom. The molecule has 0 N–H and O–H groups in total. The molecule has 0 spiro atoms. The van der Waals surface area contributed by atoms with E-state index in [1.54, 1.807) is 135 Å². The highest BCUT2D eigenvalue weighted by atomic mass is 32.2. The lowest BCUT2D eigenvalue weighted by atomic mass is 9.78. The summed E-state index contributed by atoms with van der Waals surface area (Å²) in [6, 6.07) is 43.9. The van der Waals surface area contributed by atoms with Gasteiger partial charge in [-0.1, -0.05) is 121 Å². The van der Waals surface area contributed by atoms with Crippen LogP contribution in [0.1, 0.15) is 57.7 Å². The fourth-order valence-corrected chi connectivity index (χ4v) is 16.5. The first-order chi connectivity index (χ1) is 41.3. The van der Waals surface area contributed by atoms with Crippen LogP contribution in [0.5, 0.6) is 0 Å². The maximum atomic E-state index is 15.8. The minimum atomic E-state index is -2.65. The third-order valence-electron chi connectivity index (χ3n) is 14.0. The Bertz CT molecular complexity index is 4170. The summed E-state index contributed by atoms with van der Waals surface area (Å²) in [4.78, 5) is 104. The Kier molecular flexibility index (Phi) is 16.0. The second kappa shape index (κ2) is 23.9. The van der Waals surface area contributed by atoms with Crippen molar-refractivity contribution in [2.75, 3.05) is 13.1 Å². The van der Waals surface area contributed by atoms with Gasteiger partial charge in [0.2, 0.25) is 10.8 Å². The molecule has 0 unspecified atom stereocenters. The molecule has 2 aliphatic carbocycles. The number of nitrogens with zero attached hydrogens (tertiary/aromatic N) is 8. The van der Waals surface area contributed by atoms with Gasteiger partial charge in [-0.2, -0.15) is 21.0 Å². The molecule has 0 saturated carbocycles. The van der Waals surface area contributed by atoms with Crippen LogP contribution in [0.3, 0.4) is 0 Å². The summed E-state index contributed by atoms with van der Waals surface area (Å²) in [5, 5.41) is 39.4. The molecule has 0 atom stereocenters. The van der Waals surface area contributed by atoms with Gasteiger partial charge in [-0.05, 0) is 71.8 Å². The van der Waals surface area contributed by atoms with E-state index in [4.69, 9.17) is 28.9 Å². The van der Waals surface area contributed by atoms with Crippen LogP contribution in [0, 0.1) is 45.3 Å². The second-order valence-electron chi connectivity index (χ2n) is 18.9. The van der Waals surface area contributed by atoms with E-state index >= 15 is 19.2 Å². The third-order valence-corrected chi connectivity index (χ3v) is 19.9. The molecule has 4 aliphatic rings. The van der Waals surface area contributed by atoms with E-state index in [-0.39, 0.29) is 112 Å². The van der Waals surface area contributed by atoms with E-state index in [0.717, 1.165) is 57.5 Å². The summed E-state index contributed by atoms with van der Waals surface area (Å²) >= 11 is 4.64. The number of rotatable bonds is 16. The first kappa shape index (κ1) is 57.1. The van der Waals surface area contributed by atoms with Gasteiger partial charge in [0.1, 0.15) is 65.8 Å². The lowest BCUT2D eigenvalue weighted by Gasteiger charge is -2.28. The minimum Gasteiger partial charge on any atom is -0.459 e. The van der Waals surface area contributed by atoms with Crippen molar-refractivity contribution < 1.29 is 47.7 Å². The number of aliphatic imine (C=N–C) groups is 2. The van der Waals surface area contributed by atoms with E-state index in [9.17, 15) is 30.6 Å². The summed E-state index contributed by atoms with van der Waals surface area (Å²) in [5.74, 6) is -5.70. The van der Waals surface area contributed by atoms with E-state index in [0.29, 0.717) is 32.0 Å². The summed E-state index contributed by atoms with van der Waals surface area (Å²) < 4.78 is 25.3. The average Bonchev–Trinajstić information content (AvgIpc) is 1.52. The number of carbonyl (C=O) groups excluding carboxylic acids is 6.